The molecule has 1 unspecified atom stereocenters. The number of aromatic hydroxyl groups is 1. The van der Waals surface area contributed by atoms with Crippen LogP contribution < -0.4 is 0 Å². The molecular formula is C20H22ClNO2. The summed E-state index contributed by atoms with van der Waals surface area (Å²) in [6.07, 6.45) is 3.69. The van der Waals surface area contributed by atoms with Crippen molar-refractivity contribution in [1.82, 2.24) is 4.90 Å². The molecule has 3 rings (SSSR count). The molecule has 1 N–H and O–H groups in total. The first kappa shape index (κ1) is 16.8. The molecule has 0 aliphatic carbocycles. The lowest BCUT2D eigenvalue weighted by molar-refractivity contribution is -0.132. The number of likely N-dealkylation sites (tertiary alicyclic amines) is 1. The Balaban J connectivity index is 1.90. The molecule has 24 heavy (non-hydrogen) atoms. The van der Waals surface area contributed by atoms with E-state index in [0.717, 1.165) is 31.5 Å². The molecule has 0 bridgehead atoms. The van der Waals surface area contributed by atoms with E-state index >= 15 is 0 Å². The Morgan fingerprint density at radius 2 is 1.79 bits per heavy atom. The second-order valence-electron chi connectivity index (χ2n) is 6.31. The van der Waals surface area contributed by atoms with Gasteiger partial charge in [-0.15, -0.1) is 0 Å². The van der Waals surface area contributed by atoms with Gasteiger partial charge in [0.1, 0.15) is 5.75 Å². The van der Waals surface area contributed by atoms with Crippen molar-refractivity contribution in [3.8, 4) is 5.75 Å². The maximum absolute atomic E-state index is 12.8. The molecule has 0 radical (unpaired) electrons. The Kier molecular flexibility index (Phi) is 5.41. The van der Waals surface area contributed by atoms with Gasteiger partial charge in [0.25, 0.3) is 0 Å². The topological polar surface area (TPSA) is 40.5 Å². The fraction of sp³-hybridized carbons (Fsp3) is 0.350. The SMILES string of the molecule is O=C(CC(c1ccccc1)c1cc(Cl)ccc1O)N1CCCCC1. The summed E-state index contributed by atoms with van der Waals surface area (Å²) in [5.41, 5.74) is 1.72. The summed E-state index contributed by atoms with van der Waals surface area (Å²) in [5.74, 6) is 0.127. The third-order valence-corrected chi connectivity index (χ3v) is 4.89. The summed E-state index contributed by atoms with van der Waals surface area (Å²) in [7, 11) is 0. The van der Waals surface area contributed by atoms with Crippen molar-refractivity contribution in [1.29, 1.82) is 0 Å². The smallest absolute Gasteiger partial charge is 0.223 e. The number of benzene rings is 2. The lowest BCUT2D eigenvalue weighted by atomic mass is 9.87. The van der Waals surface area contributed by atoms with E-state index in [4.69, 9.17) is 11.6 Å². The van der Waals surface area contributed by atoms with Crippen molar-refractivity contribution in [2.24, 2.45) is 0 Å². The van der Waals surface area contributed by atoms with Crippen LogP contribution in [0.25, 0.3) is 0 Å². The van der Waals surface area contributed by atoms with Crippen LogP contribution in [0.4, 0.5) is 0 Å². The monoisotopic (exact) mass is 343 g/mol. The molecule has 1 heterocycles. The highest BCUT2D eigenvalue weighted by molar-refractivity contribution is 6.30. The number of carbonyl (C=O) groups is 1. The van der Waals surface area contributed by atoms with E-state index in [2.05, 4.69) is 0 Å². The van der Waals surface area contributed by atoms with Crippen molar-refractivity contribution >= 4 is 17.5 Å². The summed E-state index contributed by atoms with van der Waals surface area (Å²) < 4.78 is 0. The van der Waals surface area contributed by atoms with Crippen molar-refractivity contribution < 1.29 is 9.90 Å². The Bertz CT molecular complexity index is 696. The van der Waals surface area contributed by atoms with Crippen LogP contribution in [0.15, 0.2) is 48.5 Å². The van der Waals surface area contributed by atoms with Gasteiger partial charge < -0.3 is 10.0 Å². The second-order valence-corrected chi connectivity index (χ2v) is 6.75. The molecule has 1 atom stereocenters. The number of rotatable bonds is 4. The first-order valence-electron chi connectivity index (χ1n) is 8.46. The Morgan fingerprint density at radius 1 is 1.08 bits per heavy atom. The molecule has 126 valence electrons. The molecule has 1 saturated heterocycles. The first-order chi connectivity index (χ1) is 11.6. The van der Waals surface area contributed by atoms with E-state index < -0.39 is 0 Å². The normalized spacial score (nSPS) is 16.0. The largest absolute Gasteiger partial charge is 0.508 e. The van der Waals surface area contributed by atoms with Crippen molar-refractivity contribution in [2.45, 2.75) is 31.6 Å². The fourth-order valence-corrected chi connectivity index (χ4v) is 3.52. The van der Waals surface area contributed by atoms with Crippen LogP contribution >= 0.6 is 11.6 Å². The molecule has 1 aliphatic heterocycles. The maximum Gasteiger partial charge on any atom is 0.223 e. The molecule has 2 aromatic carbocycles. The standard InChI is InChI=1S/C20H22ClNO2/c21-16-9-10-19(23)18(13-16)17(15-7-3-1-4-8-15)14-20(24)22-11-5-2-6-12-22/h1,3-4,7-10,13,17,23H,2,5-6,11-12,14H2. The Labute approximate surface area is 147 Å². The predicted molar refractivity (Wildman–Crippen MR) is 96.4 cm³/mol. The van der Waals surface area contributed by atoms with Crippen molar-refractivity contribution in [2.75, 3.05) is 13.1 Å². The lowest BCUT2D eigenvalue weighted by Gasteiger charge is -2.29. The van der Waals surface area contributed by atoms with Crippen LogP contribution in [0.2, 0.25) is 5.02 Å². The van der Waals surface area contributed by atoms with Gasteiger partial charge in [0.05, 0.1) is 0 Å². The van der Waals surface area contributed by atoms with E-state index in [0.29, 0.717) is 17.0 Å². The number of halogens is 1. The van der Waals surface area contributed by atoms with E-state index in [1.54, 1.807) is 18.2 Å². The number of amides is 1. The van der Waals surface area contributed by atoms with Gasteiger partial charge in [-0.2, -0.15) is 0 Å². The van der Waals surface area contributed by atoms with Gasteiger partial charge in [-0.25, -0.2) is 0 Å². The summed E-state index contributed by atoms with van der Waals surface area (Å²) >= 11 is 6.13. The van der Waals surface area contributed by atoms with Crippen molar-refractivity contribution in [3.63, 3.8) is 0 Å². The molecule has 4 heteroatoms. The van der Waals surface area contributed by atoms with Gasteiger partial charge in [-0.3, -0.25) is 4.79 Å². The van der Waals surface area contributed by atoms with E-state index in [9.17, 15) is 9.90 Å². The van der Waals surface area contributed by atoms with Crippen LogP contribution in [0, 0.1) is 0 Å². The minimum absolute atomic E-state index is 0.142. The molecular weight excluding hydrogens is 322 g/mol. The zero-order valence-corrected chi connectivity index (χ0v) is 14.4. The number of nitrogens with zero attached hydrogens (tertiary/aromatic N) is 1. The van der Waals surface area contributed by atoms with Gasteiger partial charge in [-0.05, 0) is 43.0 Å². The van der Waals surface area contributed by atoms with Gasteiger partial charge in [-0.1, -0.05) is 41.9 Å². The third kappa shape index (κ3) is 3.90. The predicted octanol–water partition coefficient (Wildman–Crippen LogP) is 4.58. The molecule has 1 fully saturated rings. The average molecular weight is 344 g/mol. The second kappa shape index (κ2) is 7.71. The molecule has 0 spiro atoms. The molecule has 2 aromatic rings. The number of hydrogen-bond donors (Lipinski definition) is 1. The highest BCUT2D eigenvalue weighted by atomic mass is 35.5. The summed E-state index contributed by atoms with van der Waals surface area (Å²) in [5, 5.41) is 10.9. The van der Waals surface area contributed by atoms with E-state index in [1.807, 2.05) is 35.2 Å². The fourth-order valence-electron chi connectivity index (χ4n) is 3.34. The summed E-state index contributed by atoms with van der Waals surface area (Å²) in [6, 6.07) is 14.9. The zero-order chi connectivity index (χ0) is 16.9. The minimum Gasteiger partial charge on any atom is -0.508 e. The van der Waals surface area contributed by atoms with Crippen LogP contribution in [-0.2, 0) is 4.79 Å². The van der Waals surface area contributed by atoms with Gasteiger partial charge in [0.2, 0.25) is 5.91 Å². The minimum atomic E-state index is -0.195. The highest BCUT2D eigenvalue weighted by Crippen LogP contribution is 2.36. The molecule has 1 aliphatic rings. The third-order valence-electron chi connectivity index (χ3n) is 4.65. The first-order valence-corrected chi connectivity index (χ1v) is 8.84. The number of hydrogen-bond acceptors (Lipinski definition) is 2. The maximum atomic E-state index is 12.8. The van der Waals surface area contributed by atoms with Gasteiger partial charge in [0, 0.05) is 36.0 Å². The molecule has 3 nitrogen and oxygen atoms in total. The molecule has 1 amide bonds. The number of carbonyl (C=O) groups excluding carboxylic acids is 1. The zero-order valence-electron chi connectivity index (χ0n) is 13.6. The van der Waals surface area contributed by atoms with E-state index in [-0.39, 0.29) is 17.6 Å². The number of phenolic OH excluding ortho intramolecular Hbond substituents is 1. The van der Waals surface area contributed by atoms with Gasteiger partial charge in [0.15, 0.2) is 0 Å². The van der Waals surface area contributed by atoms with Crippen LogP contribution in [0.1, 0.15) is 42.7 Å². The Hall–Kier alpha value is -2.00. The molecule has 0 aromatic heterocycles. The quantitative estimate of drug-likeness (QED) is 0.882. The average Bonchev–Trinajstić information content (AvgIpc) is 2.63. The Morgan fingerprint density at radius 3 is 2.50 bits per heavy atom. The van der Waals surface area contributed by atoms with Crippen LogP contribution in [0.5, 0.6) is 5.75 Å². The number of phenols is 1. The van der Waals surface area contributed by atoms with Gasteiger partial charge >= 0.3 is 0 Å². The number of piperidine rings is 1. The molecule has 0 saturated carbocycles. The summed E-state index contributed by atoms with van der Waals surface area (Å²) in [4.78, 5) is 14.7. The lowest BCUT2D eigenvalue weighted by Crippen LogP contribution is -2.36. The van der Waals surface area contributed by atoms with Crippen LogP contribution in [0.3, 0.4) is 0 Å². The van der Waals surface area contributed by atoms with E-state index in [1.165, 1.54) is 6.42 Å². The van der Waals surface area contributed by atoms with Crippen LogP contribution in [-0.4, -0.2) is 29.0 Å². The highest BCUT2D eigenvalue weighted by Gasteiger charge is 2.25. The summed E-state index contributed by atoms with van der Waals surface area (Å²) in [6.45, 7) is 1.67. The van der Waals surface area contributed by atoms with Crippen molar-refractivity contribution in [3.05, 3.63) is 64.7 Å².